The number of alkyl halides is 1. The largest absolute Gasteiger partial charge is 0.309 e. The summed E-state index contributed by atoms with van der Waals surface area (Å²) in [5, 5.41) is 3.31. The molecule has 1 N–H and O–H groups in total. The number of rotatable bonds is 5. The summed E-state index contributed by atoms with van der Waals surface area (Å²) < 4.78 is 26.1. The molecular formula is C14H20ClF2N. The summed E-state index contributed by atoms with van der Waals surface area (Å²) in [5.74, 6) is -0.528. The molecule has 0 radical (unpaired) electrons. The smallest absolute Gasteiger partial charge is 0.126 e. The first kappa shape index (κ1) is 15.4. The maximum absolute atomic E-state index is 13.0. The van der Waals surface area contributed by atoms with Gasteiger partial charge in [-0.15, -0.1) is 11.6 Å². The zero-order valence-corrected chi connectivity index (χ0v) is 11.8. The van der Waals surface area contributed by atoms with Gasteiger partial charge in [0.05, 0.1) is 0 Å². The second-order valence-electron chi connectivity index (χ2n) is 5.55. The standard InChI is InChI=1S/C14H20ClF2N/c1-14(2,3)13(4-5-15)18-9-10-6-11(16)8-12(17)7-10/h6-8,13,18H,4-5,9H2,1-3H3. The molecule has 0 saturated heterocycles. The van der Waals surface area contributed by atoms with Crippen molar-refractivity contribution in [3.63, 3.8) is 0 Å². The summed E-state index contributed by atoms with van der Waals surface area (Å²) in [5.41, 5.74) is 0.664. The predicted octanol–water partition coefficient (Wildman–Crippen LogP) is 4.10. The molecule has 0 bridgehead atoms. The fraction of sp³-hybridized carbons (Fsp3) is 0.571. The average molecular weight is 276 g/mol. The van der Waals surface area contributed by atoms with Gasteiger partial charge in [0.15, 0.2) is 0 Å². The topological polar surface area (TPSA) is 12.0 Å². The second-order valence-corrected chi connectivity index (χ2v) is 5.93. The highest BCUT2D eigenvalue weighted by Gasteiger charge is 2.23. The Morgan fingerprint density at radius 3 is 2.17 bits per heavy atom. The lowest BCUT2D eigenvalue weighted by atomic mass is 9.85. The molecule has 0 aliphatic carbocycles. The highest BCUT2D eigenvalue weighted by atomic mass is 35.5. The van der Waals surface area contributed by atoms with Gasteiger partial charge in [-0.3, -0.25) is 0 Å². The van der Waals surface area contributed by atoms with Gasteiger partial charge in [-0.1, -0.05) is 20.8 Å². The van der Waals surface area contributed by atoms with E-state index >= 15 is 0 Å². The fourth-order valence-corrected chi connectivity index (χ4v) is 2.12. The van der Waals surface area contributed by atoms with Crippen molar-refractivity contribution in [2.45, 2.75) is 39.8 Å². The summed E-state index contributed by atoms with van der Waals surface area (Å²) in [7, 11) is 0. The van der Waals surface area contributed by atoms with Gasteiger partial charge in [0.25, 0.3) is 0 Å². The predicted molar refractivity (Wildman–Crippen MR) is 71.8 cm³/mol. The quantitative estimate of drug-likeness (QED) is 0.798. The number of benzene rings is 1. The highest BCUT2D eigenvalue weighted by Crippen LogP contribution is 2.22. The maximum atomic E-state index is 13.0. The van der Waals surface area contributed by atoms with Gasteiger partial charge in [0, 0.05) is 24.5 Å². The molecular weight excluding hydrogens is 256 g/mol. The van der Waals surface area contributed by atoms with Crippen LogP contribution in [-0.4, -0.2) is 11.9 Å². The summed E-state index contributed by atoms with van der Waals surface area (Å²) in [6.07, 6.45) is 0.822. The zero-order chi connectivity index (χ0) is 13.8. The van der Waals surface area contributed by atoms with Crippen molar-refractivity contribution in [2.75, 3.05) is 5.88 Å². The van der Waals surface area contributed by atoms with Crippen molar-refractivity contribution in [3.8, 4) is 0 Å². The Bertz CT molecular complexity index is 368. The Balaban J connectivity index is 2.67. The molecule has 4 heteroatoms. The molecule has 0 heterocycles. The van der Waals surface area contributed by atoms with E-state index in [0.29, 0.717) is 18.0 Å². The minimum atomic E-state index is -0.545. The van der Waals surface area contributed by atoms with Crippen molar-refractivity contribution in [2.24, 2.45) is 5.41 Å². The second kappa shape index (κ2) is 6.48. The molecule has 0 amide bonds. The van der Waals surface area contributed by atoms with Crippen LogP contribution in [0.15, 0.2) is 18.2 Å². The Kier molecular flexibility index (Phi) is 5.54. The first-order valence-corrected chi connectivity index (χ1v) is 6.60. The molecule has 102 valence electrons. The van der Waals surface area contributed by atoms with Crippen molar-refractivity contribution in [3.05, 3.63) is 35.4 Å². The van der Waals surface area contributed by atoms with Crippen LogP contribution in [0.3, 0.4) is 0 Å². The average Bonchev–Trinajstić information content (AvgIpc) is 2.21. The van der Waals surface area contributed by atoms with Crippen molar-refractivity contribution >= 4 is 11.6 Å². The molecule has 0 aromatic heterocycles. The lowest BCUT2D eigenvalue weighted by Crippen LogP contribution is -2.40. The van der Waals surface area contributed by atoms with Crippen LogP contribution in [0, 0.1) is 17.0 Å². The first-order valence-electron chi connectivity index (χ1n) is 6.07. The molecule has 1 nitrogen and oxygen atoms in total. The van der Waals surface area contributed by atoms with Gasteiger partial charge in [0.1, 0.15) is 11.6 Å². The summed E-state index contributed by atoms with van der Waals surface area (Å²) >= 11 is 5.77. The van der Waals surface area contributed by atoms with Gasteiger partial charge in [-0.25, -0.2) is 8.78 Å². The van der Waals surface area contributed by atoms with E-state index in [1.807, 2.05) is 0 Å². The van der Waals surface area contributed by atoms with E-state index in [-0.39, 0.29) is 11.5 Å². The maximum Gasteiger partial charge on any atom is 0.126 e. The molecule has 0 spiro atoms. The van der Waals surface area contributed by atoms with Crippen molar-refractivity contribution in [1.82, 2.24) is 5.32 Å². The Morgan fingerprint density at radius 2 is 1.72 bits per heavy atom. The van der Waals surface area contributed by atoms with Gasteiger partial charge < -0.3 is 5.32 Å². The van der Waals surface area contributed by atoms with E-state index in [1.165, 1.54) is 12.1 Å². The van der Waals surface area contributed by atoms with Crippen LogP contribution in [0.25, 0.3) is 0 Å². The molecule has 0 aliphatic rings. The number of hydrogen-bond acceptors (Lipinski definition) is 1. The normalized spacial score (nSPS) is 13.7. The molecule has 1 aromatic rings. The third-order valence-electron chi connectivity index (χ3n) is 2.92. The number of nitrogens with one attached hydrogen (secondary N) is 1. The van der Waals surface area contributed by atoms with E-state index in [0.717, 1.165) is 12.5 Å². The zero-order valence-electron chi connectivity index (χ0n) is 11.1. The molecule has 1 atom stereocenters. The Morgan fingerprint density at radius 1 is 1.17 bits per heavy atom. The Labute approximate surface area is 113 Å². The summed E-state index contributed by atoms with van der Waals surface area (Å²) in [6.45, 7) is 6.78. The van der Waals surface area contributed by atoms with Crippen LogP contribution in [-0.2, 0) is 6.54 Å². The number of halogens is 3. The lowest BCUT2D eigenvalue weighted by molar-refractivity contribution is 0.260. The highest BCUT2D eigenvalue weighted by molar-refractivity contribution is 6.17. The van der Waals surface area contributed by atoms with E-state index in [1.54, 1.807) is 0 Å². The van der Waals surface area contributed by atoms with Gasteiger partial charge >= 0.3 is 0 Å². The van der Waals surface area contributed by atoms with Gasteiger partial charge in [-0.05, 0) is 29.5 Å². The summed E-state index contributed by atoms with van der Waals surface area (Å²) in [4.78, 5) is 0. The van der Waals surface area contributed by atoms with E-state index in [9.17, 15) is 8.78 Å². The van der Waals surface area contributed by atoms with Gasteiger partial charge in [-0.2, -0.15) is 0 Å². The van der Waals surface area contributed by atoms with Crippen LogP contribution in [0.1, 0.15) is 32.8 Å². The van der Waals surface area contributed by atoms with Crippen LogP contribution in [0.4, 0.5) is 8.78 Å². The number of hydrogen-bond donors (Lipinski definition) is 1. The molecule has 0 aliphatic heterocycles. The monoisotopic (exact) mass is 275 g/mol. The molecule has 18 heavy (non-hydrogen) atoms. The molecule has 1 aromatic carbocycles. The third-order valence-corrected chi connectivity index (χ3v) is 3.14. The van der Waals surface area contributed by atoms with Crippen molar-refractivity contribution < 1.29 is 8.78 Å². The molecule has 1 rings (SSSR count). The molecule has 0 fully saturated rings. The molecule has 1 unspecified atom stereocenters. The van der Waals surface area contributed by atoms with Crippen LogP contribution < -0.4 is 5.32 Å². The van der Waals surface area contributed by atoms with E-state index in [2.05, 4.69) is 26.1 Å². The lowest BCUT2D eigenvalue weighted by Gasteiger charge is -2.31. The Hall–Kier alpha value is -0.670. The first-order chi connectivity index (χ1) is 8.32. The van der Waals surface area contributed by atoms with Crippen molar-refractivity contribution in [1.29, 1.82) is 0 Å². The van der Waals surface area contributed by atoms with Crippen LogP contribution in [0.2, 0.25) is 0 Å². The van der Waals surface area contributed by atoms with Crippen LogP contribution >= 0.6 is 11.6 Å². The SMILES string of the molecule is CC(C)(C)C(CCCl)NCc1cc(F)cc(F)c1. The summed E-state index contributed by atoms with van der Waals surface area (Å²) in [6, 6.07) is 3.78. The van der Waals surface area contributed by atoms with Gasteiger partial charge in [0.2, 0.25) is 0 Å². The fourth-order valence-electron chi connectivity index (χ4n) is 1.90. The van der Waals surface area contributed by atoms with E-state index in [4.69, 9.17) is 11.6 Å². The third kappa shape index (κ3) is 4.91. The minimum absolute atomic E-state index is 0.0563. The van der Waals surface area contributed by atoms with E-state index < -0.39 is 11.6 Å². The minimum Gasteiger partial charge on any atom is -0.309 e. The van der Waals surface area contributed by atoms with Crippen LogP contribution in [0.5, 0.6) is 0 Å². The molecule has 0 saturated carbocycles.